The zero-order chi connectivity index (χ0) is 20.6. The van der Waals surface area contributed by atoms with Crippen LogP contribution in [-0.2, 0) is 21.2 Å². The summed E-state index contributed by atoms with van der Waals surface area (Å²) in [4.78, 5) is 12.3. The molecule has 0 unspecified atom stereocenters. The minimum absolute atomic E-state index is 0.349. The van der Waals surface area contributed by atoms with Crippen molar-refractivity contribution in [2.75, 3.05) is 24.2 Å². The molecule has 8 heteroatoms. The Kier molecular flexibility index (Phi) is 7.57. The average Bonchev–Trinajstić information content (AvgIpc) is 2.68. The second-order valence-electron chi connectivity index (χ2n) is 6.34. The van der Waals surface area contributed by atoms with Gasteiger partial charge < -0.3 is 4.74 Å². The fourth-order valence-electron chi connectivity index (χ4n) is 2.52. The van der Waals surface area contributed by atoms with Crippen LogP contribution in [0.4, 0.5) is 5.69 Å². The number of carbonyl (C=O) groups is 1. The Bertz CT molecular complexity index is 927. The van der Waals surface area contributed by atoms with Gasteiger partial charge in [0.25, 0.3) is 5.91 Å². The van der Waals surface area contributed by atoms with Crippen LogP contribution in [0, 0.1) is 0 Å². The van der Waals surface area contributed by atoms with Crippen LogP contribution in [0.1, 0.15) is 18.9 Å². The second kappa shape index (κ2) is 9.89. The lowest BCUT2D eigenvalue weighted by Gasteiger charge is -2.21. The first-order valence-electron chi connectivity index (χ1n) is 8.77. The summed E-state index contributed by atoms with van der Waals surface area (Å²) in [5.41, 5.74) is 4.72. The fraction of sp³-hybridized carbons (Fsp3) is 0.300. The van der Waals surface area contributed by atoms with E-state index >= 15 is 0 Å². The van der Waals surface area contributed by atoms with Gasteiger partial charge in [-0.05, 0) is 37.5 Å². The van der Waals surface area contributed by atoms with Crippen molar-refractivity contribution in [1.82, 2.24) is 5.43 Å². The quantitative estimate of drug-likeness (QED) is 0.515. The van der Waals surface area contributed by atoms with Gasteiger partial charge in [-0.1, -0.05) is 36.4 Å². The van der Waals surface area contributed by atoms with Crippen LogP contribution in [0.5, 0.6) is 5.75 Å². The number of carbonyl (C=O) groups excluding carboxylic acids is 1. The molecule has 1 amide bonds. The van der Waals surface area contributed by atoms with Gasteiger partial charge in [0.1, 0.15) is 12.3 Å². The normalized spacial score (nSPS) is 11.8. The van der Waals surface area contributed by atoms with Crippen molar-refractivity contribution in [3.8, 4) is 5.75 Å². The molecule has 7 nitrogen and oxygen atoms in total. The molecule has 0 saturated heterocycles. The number of hydrogen-bond donors (Lipinski definition) is 1. The van der Waals surface area contributed by atoms with Gasteiger partial charge in [-0.15, -0.1) is 0 Å². The van der Waals surface area contributed by atoms with E-state index in [2.05, 4.69) is 10.5 Å². The summed E-state index contributed by atoms with van der Waals surface area (Å²) < 4.78 is 30.4. The maximum Gasteiger partial charge on any atom is 0.260 e. The van der Waals surface area contributed by atoms with E-state index in [9.17, 15) is 13.2 Å². The number of methoxy groups -OCH3 is 1. The largest absolute Gasteiger partial charge is 0.497 e. The zero-order valence-electron chi connectivity index (χ0n) is 16.3. The third-order valence-electron chi connectivity index (χ3n) is 4.02. The molecule has 0 spiro atoms. The van der Waals surface area contributed by atoms with E-state index in [4.69, 9.17) is 4.74 Å². The van der Waals surface area contributed by atoms with E-state index in [0.717, 1.165) is 22.7 Å². The maximum atomic E-state index is 12.3. The molecule has 0 aromatic heterocycles. The molecule has 28 heavy (non-hydrogen) atoms. The summed E-state index contributed by atoms with van der Waals surface area (Å²) in [6.07, 6.45) is 2.55. The molecule has 0 radical (unpaired) electrons. The SMILES string of the molecule is COc1cccc(N(CC(=O)N/N=C(/C)CCc2ccccc2)S(C)(=O)=O)c1. The molecule has 0 aliphatic carbocycles. The van der Waals surface area contributed by atoms with Crippen LogP contribution in [0.3, 0.4) is 0 Å². The van der Waals surface area contributed by atoms with E-state index < -0.39 is 15.9 Å². The average molecular weight is 404 g/mol. The number of benzene rings is 2. The van der Waals surface area contributed by atoms with Crippen LogP contribution >= 0.6 is 0 Å². The van der Waals surface area contributed by atoms with Gasteiger partial charge in [0.2, 0.25) is 10.0 Å². The summed E-state index contributed by atoms with van der Waals surface area (Å²) in [6, 6.07) is 16.5. The fourth-order valence-corrected chi connectivity index (χ4v) is 3.36. The van der Waals surface area contributed by atoms with Crippen LogP contribution < -0.4 is 14.5 Å². The minimum atomic E-state index is -3.65. The molecule has 150 valence electrons. The second-order valence-corrected chi connectivity index (χ2v) is 8.25. The number of hydrazone groups is 1. The summed E-state index contributed by atoms with van der Waals surface area (Å²) in [5.74, 6) is -0.0198. The minimum Gasteiger partial charge on any atom is -0.497 e. The molecule has 1 N–H and O–H groups in total. The molecular formula is C20H25N3O4S. The van der Waals surface area contributed by atoms with E-state index in [1.54, 1.807) is 24.3 Å². The highest BCUT2D eigenvalue weighted by Gasteiger charge is 2.21. The van der Waals surface area contributed by atoms with Crippen LogP contribution in [-0.4, -0.2) is 39.9 Å². The van der Waals surface area contributed by atoms with Crippen LogP contribution in [0.25, 0.3) is 0 Å². The van der Waals surface area contributed by atoms with E-state index in [-0.39, 0.29) is 6.54 Å². The molecule has 0 saturated carbocycles. The van der Waals surface area contributed by atoms with E-state index in [1.165, 1.54) is 12.7 Å². The highest BCUT2D eigenvalue weighted by molar-refractivity contribution is 7.92. The van der Waals surface area contributed by atoms with E-state index in [0.29, 0.717) is 17.9 Å². The van der Waals surface area contributed by atoms with Crippen molar-refractivity contribution in [3.63, 3.8) is 0 Å². The molecule has 0 heterocycles. The Morgan fingerprint density at radius 2 is 1.86 bits per heavy atom. The number of hydrogen-bond acceptors (Lipinski definition) is 5. The molecular weight excluding hydrogens is 378 g/mol. The van der Waals surface area contributed by atoms with Crippen molar-refractivity contribution in [1.29, 1.82) is 0 Å². The lowest BCUT2D eigenvalue weighted by atomic mass is 10.1. The third kappa shape index (κ3) is 6.70. The van der Waals surface area contributed by atoms with Crippen molar-refractivity contribution < 1.29 is 17.9 Å². The van der Waals surface area contributed by atoms with Gasteiger partial charge in [0, 0.05) is 11.8 Å². The van der Waals surface area contributed by atoms with E-state index in [1.807, 2.05) is 37.3 Å². The highest BCUT2D eigenvalue weighted by Crippen LogP contribution is 2.22. The Morgan fingerprint density at radius 1 is 1.14 bits per heavy atom. The lowest BCUT2D eigenvalue weighted by molar-refractivity contribution is -0.119. The number of anilines is 1. The molecule has 2 rings (SSSR count). The first-order chi connectivity index (χ1) is 13.3. The molecule has 2 aromatic rings. The number of sulfonamides is 1. The molecule has 0 aliphatic rings. The summed E-state index contributed by atoms with van der Waals surface area (Å²) in [7, 11) is -2.16. The predicted molar refractivity (Wildman–Crippen MR) is 111 cm³/mol. The van der Waals surface area contributed by atoms with Crippen molar-refractivity contribution in [3.05, 3.63) is 60.2 Å². The Morgan fingerprint density at radius 3 is 2.50 bits per heavy atom. The van der Waals surface area contributed by atoms with Gasteiger partial charge in [-0.25, -0.2) is 13.8 Å². The predicted octanol–water partition coefficient (Wildman–Crippen LogP) is 2.59. The number of nitrogens with one attached hydrogen (secondary N) is 1. The zero-order valence-corrected chi connectivity index (χ0v) is 17.1. The topological polar surface area (TPSA) is 88.1 Å². The highest BCUT2D eigenvalue weighted by atomic mass is 32.2. The molecule has 0 aliphatic heterocycles. The van der Waals surface area contributed by atoms with Crippen LogP contribution in [0.2, 0.25) is 0 Å². The number of ether oxygens (including phenoxy) is 1. The van der Waals surface area contributed by atoms with Crippen LogP contribution in [0.15, 0.2) is 59.7 Å². The summed E-state index contributed by atoms with van der Waals surface area (Å²) in [5, 5.41) is 4.07. The van der Waals surface area contributed by atoms with Crippen molar-refractivity contribution in [2.45, 2.75) is 19.8 Å². The van der Waals surface area contributed by atoms with Crippen molar-refractivity contribution in [2.24, 2.45) is 5.10 Å². The van der Waals surface area contributed by atoms with Gasteiger partial charge in [-0.2, -0.15) is 5.10 Å². The molecule has 2 aromatic carbocycles. The first-order valence-corrected chi connectivity index (χ1v) is 10.6. The monoisotopic (exact) mass is 403 g/mol. The number of rotatable bonds is 9. The standard InChI is InChI=1S/C20H25N3O4S/c1-16(12-13-17-8-5-4-6-9-17)21-22-20(24)15-23(28(3,25)26)18-10-7-11-19(14-18)27-2/h4-11,14H,12-13,15H2,1-3H3,(H,22,24)/b21-16-. The summed E-state index contributed by atoms with van der Waals surface area (Å²) >= 11 is 0. The molecule has 0 atom stereocenters. The lowest BCUT2D eigenvalue weighted by Crippen LogP contribution is -2.39. The van der Waals surface area contributed by atoms with Gasteiger partial charge in [-0.3, -0.25) is 9.10 Å². The Balaban J connectivity index is 1.99. The smallest absolute Gasteiger partial charge is 0.260 e. The van der Waals surface area contributed by atoms with Gasteiger partial charge >= 0.3 is 0 Å². The number of amides is 1. The maximum absolute atomic E-state index is 12.3. The third-order valence-corrected chi connectivity index (χ3v) is 5.16. The first kappa shape index (κ1) is 21.4. The number of aryl methyl sites for hydroxylation is 1. The Hall–Kier alpha value is -2.87. The van der Waals surface area contributed by atoms with Gasteiger partial charge in [0.05, 0.1) is 19.1 Å². The molecule has 0 fully saturated rings. The molecule has 0 bridgehead atoms. The number of nitrogens with zero attached hydrogens (tertiary/aromatic N) is 2. The summed E-state index contributed by atoms with van der Waals surface area (Å²) in [6.45, 7) is 1.45. The van der Waals surface area contributed by atoms with Crippen molar-refractivity contribution >= 4 is 27.3 Å². The van der Waals surface area contributed by atoms with Gasteiger partial charge in [0.15, 0.2) is 0 Å². The Labute approximate surface area is 166 Å².